The minimum Gasteiger partial charge on any atom is -0.462 e. The van der Waals surface area contributed by atoms with Crippen LogP contribution >= 0.6 is 7.82 Å². The van der Waals surface area contributed by atoms with Gasteiger partial charge in [-0.1, -0.05) is 231 Å². The largest absolute Gasteiger partial charge is 0.472 e. The number of phosphoric ester groups is 1. The van der Waals surface area contributed by atoms with E-state index in [1.165, 1.54) is 128 Å². The Bertz CT molecular complexity index is 1280. The summed E-state index contributed by atoms with van der Waals surface area (Å²) in [5, 5.41) is 9.76. The highest BCUT2D eigenvalue weighted by Crippen LogP contribution is 2.43. The molecule has 0 aromatic heterocycles. The molecule has 0 rings (SSSR count). The van der Waals surface area contributed by atoms with Gasteiger partial charge in [-0.05, 0) is 51.4 Å². The van der Waals surface area contributed by atoms with Crippen LogP contribution in [-0.2, 0) is 42.2 Å². The quantitative estimate of drug-likeness (QED) is 0.0197. The molecular weight excluding hydrogens is 880 g/mol. The third-order valence-corrected chi connectivity index (χ3v) is 13.0. The predicted octanol–water partition coefficient (Wildman–Crippen LogP) is 16.0. The number of hydrogen-bond acceptors (Lipinski definition) is 10. The molecule has 0 aromatic carbocycles. The average molecular weight is 983 g/mol. The normalized spacial score (nSPS) is 13.7. The molecule has 0 amide bonds. The number of ether oxygens (including phenoxy) is 3. The van der Waals surface area contributed by atoms with E-state index >= 15 is 0 Å². The van der Waals surface area contributed by atoms with Gasteiger partial charge in [0.25, 0.3) is 0 Å². The summed E-state index contributed by atoms with van der Waals surface area (Å²) in [4.78, 5) is 48.3. The number of hydrogen-bond donors (Lipinski definition) is 2. The van der Waals surface area contributed by atoms with Gasteiger partial charge in [-0.15, -0.1) is 0 Å². The second-order valence-electron chi connectivity index (χ2n) is 18.7. The molecule has 12 heteroatoms. The van der Waals surface area contributed by atoms with E-state index in [0.717, 1.165) is 77.0 Å². The maximum Gasteiger partial charge on any atom is 0.472 e. The van der Waals surface area contributed by atoms with E-state index in [-0.39, 0.29) is 25.9 Å². The molecule has 3 atom stereocenters. The number of phosphoric acid groups is 1. The van der Waals surface area contributed by atoms with E-state index in [0.29, 0.717) is 19.3 Å². The van der Waals surface area contributed by atoms with Crippen LogP contribution in [0.5, 0.6) is 0 Å². The number of carbonyl (C=O) groups excluding carboxylic acids is 3. The van der Waals surface area contributed by atoms with Gasteiger partial charge in [0.05, 0.1) is 19.8 Å². The van der Waals surface area contributed by atoms with Crippen LogP contribution in [0.1, 0.15) is 265 Å². The number of aliphatic hydroxyl groups is 1. The van der Waals surface area contributed by atoms with Crippen molar-refractivity contribution in [1.82, 2.24) is 0 Å². The van der Waals surface area contributed by atoms with E-state index < -0.39 is 57.8 Å². The van der Waals surface area contributed by atoms with Crippen LogP contribution in [0.4, 0.5) is 0 Å². The third-order valence-electron chi connectivity index (χ3n) is 12.1. The number of aliphatic hydroxyl groups excluding tert-OH is 1. The van der Waals surface area contributed by atoms with Crippen molar-refractivity contribution in [3.05, 3.63) is 36.5 Å². The Labute approximate surface area is 416 Å². The zero-order valence-corrected chi connectivity index (χ0v) is 44.7. The lowest BCUT2D eigenvalue weighted by Crippen LogP contribution is -2.30. The Morgan fingerprint density at radius 1 is 0.426 bits per heavy atom. The summed E-state index contributed by atoms with van der Waals surface area (Å²) in [7, 11) is -4.74. The molecule has 68 heavy (non-hydrogen) atoms. The molecule has 0 radical (unpaired) electrons. The van der Waals surface area contributed by atoms with E-state index in [9.17, 15) is 28.9 Å². The molecule has 0 heterocycles. The fourth-order valence-electron chi connectivity index (χ4n) is 7.84. The van der Waals surface area contributed by atoms with Gasteiger partial charge in [0.2, 0.25) is 0 Å². The lowest BCUT2D eigenvalue weighted by Gasteiger charge is -2.21. The molecule has 398 valence electrons. The van der Waals surface area contributed by atoms with E-state index in [1.807, 2.05) is 0 Å². The highest BCUT2D eigenvalue weighted by Gasteiger charge is 2.28. The first kappa shape index (κ1) is 65.7. The van der Waals surface area contributed by atoms with Gasteiger partial charge in [-0.25, -0.2) is 4.57 Å². The van der Waals surface area contributed by atoms with Crippen molar-refractivity contribution in [2.75, 3.05) is 26.4 Å². The van der Waals surface area contributed by atoms with Gasteiger partial charge in [-0.3, -0.25) is 23.4 Å². The number of rotatable bonds is 52. The van der Waals surface area contributed by atoms with Crippen LogP contribution < -0.4 is 0 Å². The Kier molecular flexibility index (Phi) is 49.3. The lowest BCUT2D eigenvalue weighted by atomic mass is 10.0. The minimum atomic E-state index is -4.74. The first-order valence-electron chi connectivity index (χ1n) is 27.9. The van der Waals surface area contributed by atoms with Gasteiger partial charge in [0.15, 0.2) is 6.10 Å². The Balaban J connectivity index is 4.69. The summed E-state index contributed by atoms with van der Waals surface area (Å²) in [5.74, 6) is -1.48. The highest BCUT2D eigenvalue weighted by molar-refractivity contribution is 7.47. The zero-order chi connectivity index (χ0) is 49.9. The van der Waals surface area contributed by atoms with Crippen LogP contribution in [0.3, 0.4) is 0 Å². The van der Waals surface area contributed by atoms with Crippen LogP contribution in [0.2, 0.25) is 0 Å². The maximum atomic E-state index is 12.9. The molecule has 0 aromatic rings. The molecule has 0 saturated carbocycles. The fourth-order valence-corrected chi connectivity index (χ4v) is 8.63. The molecule has 0 fully saturated rings. The van der Waals surface area contributed by atoms with Crippen molar-refractivity contribution >= 4 is 25.7 Å². The van der Waals surface area contributed by atoms with Crippen molar-refractivity contribution in [2.45, 2.75) is 277 Å². The Morgan fingerprint density at radius 2 is 0.765 bits per heavy atom. The van der Waals surface area contributed by atoms with Crippen LogP contribution in [0, 0.1) is 0 Å². The zero-order valence-electron chi connectivity index (χ0n) is 43.8. The van der Waals surface area contributed by atoms with Crippen LogP contribution in [0.15, 0.2) is 36.5 Å². The molecule has 0 bridgehead atoms. The smallest absolute Gasteiger partial charge is 0.462 e. The van der Waals surface area contributed by atoms with Gasteiger partial charge in [0, 0.05) is 19.3 Å². The van der Waals surface area contributed by atoms with Gasteiger partial charge < -0.3 is 24.2 Å². The standard InChI is InChI=1S/C56H103O11P/c1-4-7-10-13-16-19-21-23-24-25-26-27-28-30-32-35-38-41-44-47-56(60)67-53(49-63-54(58)45-42-39-36-34-31-29-22-20-17-14-11-8-5-2)51-65-68(61,62)64-50-52(48-57)66-55(59)46-43-40-37-33-18-15-12-9-6-3/h8,11,17,20,29,31,52-53,57H,4-7,9-10,12-16,18-19,21-28,30,32-51H2,1-3H3,(H,61,62)/b11-8-,20-17-,31-29-. The highest BCUT2D eigenvalue weighted by atomic mass is 31.2. The second-order valence-corrected chi connectivity index (χ2v) is 20.2. The van der Waals surface area contributed by atoms with Gasteiger partial charge in [0.1, 0.15) is 12.7 Å². The SMILES string of the molecule is CC/C=C\C/C=C\C/C=C\CCCCCC(=O)OCC(COP(=O)(O)OCC(CO)OC(=O)CCCCCCCCCCC)OC(=O)CCCCCCCCCCCCCCCCCCCCC. The number of esters is 3. The van der Waals surface area contributed by atoms with E-state index in [2.05, 4.69) is 57.2 Å². The predicted molar refractivity (Wildman–Crippen MR) is 279 cm³/mol. The van der Waals surface area contributed by atoms with Crippen LogP contribution in [-0.4, -0.2) is 66.5 Å². The summed E-state index contributed by atoms with van der Waals surface area (Å²) < 4.78 is 39.4. The van der Waals surface area contributed by atoms with Crippen molar-refractivity contribution in [2.24, 2.45) is 0 Å². The van der Waals surface area contributed by atoms with Crippen molar-refractivity contribution in [1.29, 1.82) is 0 Å². The summed E-state index contributed by atoms with van der Waals surface area (Å²) in [6.07, 6.45) is 51.3. The minimum absolute atomic E-state index is 0.167. The number of carbonyl (C=O) groups is 3. The van der Waals surface area contributed by atoms with Crippen molar-refractivity contribution in [3.8, 4) is 0 Å². The van der Waals surface area contributed by atoms with Crippen molar-refractivity contribution < 1.29 is 52.2 Å². The Morgan fingerprint density at radius 3 is 1.18 bits per heavy atom. The maximum absolute atomic E-state index is 12.9. The second kappa shape index (κ2) is 51.1. The molecule has 3 unspecified atom stereocenters. The molecular formula is C56H103O11P. The first-order valence-corrected chi connectivity index (χ1v) is 29.4. The van der Waals surface area contributed by atoms with Gasteiger partial charge in [-0.2, -0.15) is 0 Å². The summed E-state index contributed by atoms with van der Waals surface area (Å²) >= 11 is 0. The summed E-state index contributed by atoms with van der Waals surface area (Å²) in [6.45, 7) is 4.50. The molecule has 0 aliphatic heterocycles. The molecule has 0 aliphatic carbocycles. The van der Waals surface area contributed by atoms with Crippen molar-refractivity contribution in [3.63, 3.8) is 0 Å². The topological polar surface area (TPSA) is 155 Å². The first-order chi connectivity index (χ1) is 33.2. The fraction of sp³-hybridized carbons (Fsp3) is 0.839. The van der Waals surface area contributed by atoms with E-state index in [1.54, 1.807) is 0 Å². The third kappa shape index (κ3) is 48.7. The molecule has 0 saturated heterocycles. The van der Waals surface area contributed by atoms with Crippen LogP contribution in [0.25, 0.3) is 0 Å². The van der Waals surface area contributed by atoms with Gasteiger partial charge >= 0.3 is 25.7 Å². The summed E-state index contributed by atoms with van der Waals surface area (Å²) in [6, 6.07) is 0. The molecule has 2 N–H and O–H groups in total. The molecule has 11 nitrogen and oxygen atoms in total. The monoisotopic (exact) mass is 983 g/mol. The molecule has 0 spiro atoms. The Hall–Kier alpha value is -2.30. The lowest BCUT2D eigenvalue weighted by molar-refractivity contribution is -0.161. The van der Waals surface area contributed by atoms with E-state index in [4.69, 9.17) is 23.3 Å². The average Bonchev–Trinajstić information content (AvgIpc) is 3.32. The summed E-state index contributed by atoms with van der Waals surface area (Å²) in [5.41, 5.74) is 0. The number of unbranched alkanes of at least 4 members (excludes halogenated alkanes) is 29. The molecule has 0 aliphatic rings. The number of allylic oxidation sites excluding steroid dienone is 6.